The molecule has 1 unspecified atom stereocenters. The zero-order valence-electron chi connectivity index (χ0n) is 10.8. The summed E-state index contributed by atoms with van der Waals surface area (Å²) in [5.41, 5.74) is -0.0560. The first-order valence-corrected chi connectivity index (χ1v) is 8.73. The van der Waals surface area contributed by atoms with Crippen LogP contribution in [0.5, 0.6) is 0 Å². The summed E-state index contributed by atoms with van der Waals surface area (Å²) in [6.45, 7) is 2.21. The van der Waals surface area contributed by atoms with Crippen LogP contribution in [0.15, 0.2) is 12.1 Å². The SMILES string of the molecule is O=C(CBr)c1ccc(C(O)C23CCCN2CCC3)s1. The van der Waals surface area contributed by atoms with Crippen molar-refractivity contribution in [1.29, 1.82) is 0 Å². The maximum absolute atomic E-state index is 11.7. The number of hydrogen-bond acceptors (Lipinski definition) is 4. The van der Waals surface area contributed by atoms with Gasteiger partial charge in [0, 0.05) is 4.88 Å². The maximum atomic E-state index is 11.7. The number of Topliss-reactive ketones (excluding diaryl/α,β-unsaturated/α-hetero) is 1. The lowest BCUT2D eigenvalue weighted by Gasteiger charge is -2.36. The van der Waals surface area contributed by atoms with Gasteiger partial charge in [0.05, 0.1) is 15.7 Å². The first-order chi connectivity index (χ1) is 9.17. The Kier molecular flexibility index (Phi) is 3.82. The van der Waals surface area contributed by atoms with Crippen LogP contribution in [0.2, 0.25) is 0 Å². The number of fused-ring (bicyclic) bond motifs is 1. The minimum Gasteiger partial charge on any atom is -0.386 e. The van der Waals surface area contributed by atoms with Crippen molar-refractivity contribution >= 4 is 33.0 Å². The van der Waals surface area contributed by atoms with Gasteiger partial charge in [0.15, 0.2) is 5.78 Å². The summed E-state index contributed by atoms with van der Waals surface area (Å²) < 4.78 is 0. The number of rotatable bonds is 4. The van der Waals surface area contributed by atoms with Crippen molar-refractivity contribution in [2.24, 2.45) is 0 Å². The molecular formula is C14H18BrNO2S. The molecule has 2 fully saturated rings. The van der Waals surface area contributed by atoms with Crippen LogP contribution >= 0.6 is 27.3 Å². The lowest BCUT2D eigenvalue weighted by molar-refractivity contribution is 0.0175. The average Bonchev–Trinajstić information content (AvgIpc) is 3.10. The van der Waals surface area contributed by atoms with Crippen molar-refractivity contribution < 1.29 is 9.90 Å². The highest BCUT2D eigenvalue weighted by Gasteiger charge is 2.50. The molecule has 3 heterocycles. The zero-order valence-corrected chi connectivity index (χ0v) is 13.2. The van der Waals surface area contributed by atoms with Gasteiger partial charge >= 0.3 is 0 Å². The van der Waals surface area contributed by atoms with Gasteiger partial charge in [-0.05, 0) is 50.9 Å². The molecular weight excluding hydrogens is 326 g/mol. The van der Waals surface area contributed by atoms with Gasteiger partial charge < -0.3 is 5.11 Å². The van der Waals surface area contributed by atoms with E-state index in [0.29, 0.717) is 5.33 Å². The third-order valence-electron chi connectivity index (χ3n) is 4.51. The molecule has 2 aliphatic rings. The third kappa shape index (κ3) is 2.20. The quantitative estimate of drug-likeness (QED) is 0.674. The molecule has 1 aromatic rings. The van der Waals surface area contributed by atoms with E-state index in [1.54, 1.807) is 0 Å². The highest BCUT2D eigenvalue weighted by Crippen LogP contribution is 2.48. The van der Waals surface area contributed by atoms with Crippen molar-refractivity contribution in [3.05, 3.63) is 21.9 Å². The van der Waals surface area contributed by atoms with E-state index >= 15 is 0 Å². The normalized spacial score (nSPS) is 23.5. The molecule has 1 N–H and O–H groups in total. The fraction of sp³-hybridized carbons (Fsp3) is 0.643. The van der Waals surface area contributed by atoms with E-state index in [4.69, 9.17) is 0 Å². The van der Waals surface area contributed by atoms with Gasteiger partial charge in [-0.15, -0.1) is 11.3 Å². The molecule has 3 rings (SSSR count). The topological polar surface area (TPSA) is 40.5 Å². The first-order valence-electron chi connectivity index (χ1n) is 6.79. The molecule has 0 spiro atoms. The van der Waals surface area contributed by atoms with Gasteiger partial charge in [-0.2, -0.15) is 0 Å². The van der Waals surface area contributed by atoms with Crippen LogP contribution in [-0.4, -0.2) is 39.7 Å². The molecule has 19 heavy (non-hydrogen) atoms. The van der Waals surface area contributed by atoms with Gasteiger partial charge in [-0.25, -0.2) is 0 Å². The predicted octanol–water partition coefficient (Wildman–Crippen LogP) is 2.99. The number of aliphatic hydroxyl groups is 1. The summed E-state index contributed by atoms with van der Waals surface area (Å²) in [5.74, 6) is 0.0932. The fourth-order valence-electron chi connectivity index (χ4n) is 3.58. The van der Waals surface area contributed by atoms with E-state index in [-0.39, 0.29) is 11.3 Å². The Morgan fingerprint density at radius 3 is 2.74 bits per heavy atom. The summed E-state index contributed by atoms with van der Waals surface area (Å²) in [5, 5.41) is 11.1. The minimum absolute atomic E-state index is 0.0560. The Morgan fingerprint density at radius 2 is 2.11 bits per heavy atom. The van der Waals surface area contributed by atoms with Crippen molar-refractivity contribution in [2.45, 2.75) is 37.3 Å². The number of carbonyl (C=O) groups excluding carboxylic acids is 1. The van der Waals surface area contributed by atoms with Crippen molar-refractivity contribution in [1.82, 2.24) is 4.90 Å². The van der Waals surface area contributed by atoms with Crippen LogP contribution in [0.25, 0.3) is 0 Å². The van der Waals surface area contributed by atoms with Crippen LogP contribution < -0.4 is 0 Å². The smallest absolute Gasteiger partial charge is 0.183 e. The molecule has 104 valence electrons. The third-order valence-corrected chi connectivity index (χ3v) is 6.19. The summed E-state index contributed by atoms with van der Waals surface area (Å²) in [6, 6.07) is 3.77. The molecule has 0 bridgehead atoms. The van der Waals surface area contributed by atoms with Gasteiger partial charge in [0.25, 0.3) is 0 Å². The van der Waals surface area contributed by atoms with Gasteiger partial charge in [0.1, 0.15) is 6.10 Å². The van der Waals surface area contributed by atoms with E-state index in [2.05, 4.69) is 20.8 Å². The number of halogens is 1. The van der Waals surface area contributed by atoms with Gasteiger partial charge in [-0.1, -0.05) is 15.9 Å². The average molecular weight is 344 g/mol. The summed E-state index contributed by atoms with van der Waals surface area (Å²) in [6.07, 6.45) is 4.06. The number of ketones is 1. The molecule has 5 heteroatoms. The minimum atomic E-state index is -0.445. The van der Waals surface area contributed by atoms with Crippen molar-refractivity contribution in [3.63, 3.8) is 0 Å². The maximum Gasteiger partial charge on any atom is 0.183 e. The zero-order chi connectivity index (χ0) is 13.5. The van der Waals surface area contributed by atoms with Crippen LogP contribution in [0.1, 0.15) is 46.3 Å². The molecule has 2 saturated heterocycles. The Labute approximate surface area is 125 Å². The molecule has 0 amide bonds. The molecule has 0 aliphatic carbocycles. The second-order valence-corrected chi connectivity index (χ2v) is 7.14. The number of carbonyl (C=O) groups is 1. The second-order valence-electron chi connectivity index (χ2n) is 5.46. The van der Waals surface area contributed by atoms with E-state index in [0.717, 1.165) is 35.7 Å². The molecule has 3 nitrogen and oxygen atoms in total. The lowest BCUT2D eigenvalue weighted by atomic mass is 9.87. The van der Waals surface area contributed by atoms with Crippen LogP contribution in [0, 0.1) is 0 Å². The van der Waals surface area contributed by atoms with Gasteiger partial charge in [0.2, 0.25) is 0 Å². The van der Waals surface area contributed by atoms with Crippen molar-refractivity contribution in [2.75, 3.05) is 18.4 Å². The number of nitrogens with zero attached hydrogens (tertiary/aromatic N) is 1. The molecule has 2 aliphatic heterocycles. The molecule has 0 aromatic carbocycles. The molecule has 1 aromatic heterocycles. The number of aliphatic hydroxyl groups excluding tert-OH is 1. The lowest BCUT2D eigenvalue weighted by Crippen LogP contribution is -2.43. The molecule has 1 atom stereocenters. The second kappa shape index (κ2) is 5.28. The predicted molar refractivity (Wildman–Crippen MR) is 80.2 cm³/mol. The van der Waals surface area contributed by atoms with E-state index < -0.39 is 6.10 Å². The Bertz CT molecular complexity index is 478. The number of alkyl halides is 1. The Hall–Kier alpha value is -0.230. The van der Waals surface area contributed by atoms with E-state index in [1.165, 1.54) is 24.2 Å². The highest BCUT2D eigenvalue weighted by atomic mass is 79.9. The fourth-order valence-corrected chi connectivity index (χ4v) is 5.11. The Morgan fingerprint density at radius 1 is 1.42 bits per heavy atom. The van der Waals surface area contributed by atoms with Gasteiger partial charge in [-0.3, -0.25) is 9.69 Å². The van der Waals surface area contributed by atoms with Crippen molar-refractivity contribution in [3.8, 4) is 0 Å². The highest BCUT2D eigenvalue weighted by molar-refractivity contribution is 9.09. The first kappa shape index (κ1) is 13.7. The largest absolute Gasteiger partial charge is 0.386 e. The Balaban J connectivity index is 1.85. The molecule has 0 saturated carbocycles. The summed E-state index contributed by atoms with van der Waals surface area (Å²) >= 11 is 4.64. The summed E-state index contributed by atoms with van der Waals surface area (Å²) in [4.78, 5) is 15.8. The monoisotopic (exact) mass is 343 g/mol. The van der Waals surface area contributed by atoms with E-state index in [1.807, 2.05) is 12.1 Å². The number of hydrogen-bond donors (Lipinski definition) is 1. The van der Waals surface area contributed by atoms with Crippen LogP contribution in [0.3, 0.4) is 0 Å². The van der Waals surface area contributed by atoms with Crippen LogP contribution in [-0.2, 0) is 0 Å². The number of thiophene rings is 1. The van der Waals surface area contributed by atoms with E-state index in [9.17, 15) is 9.90 Å². The standard InChI is InChI=1S/C14H18BrNO2S/c15-9-10(17)11-3-4-12(19-11)13(18)14-5-1-7-16(14)8-2-6-14/h3-4,13,18H,1-2,5-9H2. The molecule has 0 radical (unpaired) electrons. The van der Waals surface area contributed by atoms with Crippen LogP contribution in [0.4, 0.5) is 0 Å². The summed E-state index contributed by atoms with van der Waals surface area (Å²) in [7, 11) is 0.